The molecule has 0 unspecified atom stereocenters. The average Bonchev–Trinajstić information content (AvgIpc) is 1.88. The van der Waals surface area contributed by atoms with Gasteiger partial charge in [0, 0.05) is 18.6 Å². The van der Waals surface area contributed by atoms with Gasteiger partial charge in [0.2, 0.25) is 0 Å². The SMILES string of the molecule is CN1C=CCC(C=S)=C1. The highest BCUT2D eigenvalue weighted by Gasteiger charge is 1.95. The lowest BCUT2D eigenvalue weighted by Gasteiger charge is -2.13. The largest absolute Gasteiger partial charge is 0.357 e. The van der Waals surface area contributed by atoms with Crippen molar-refractivity contribution in [2.45, 2.75) is 6.42 Å². The molecule has 1 rings (SSSR count). The Kier molecular flexibility index (Phi) is 2.01. The number of hydrogen-bond donors (Lipinski definition) is 0. The lowest BCUT2D eigenvalue weighted by atomic mass is 10.2. The Labute approximate surface area is 60.7 Å². The molecule has 0 atom stereocenters. The number of nitrogens with zero attached hydrogens (tertiary/aromatic N) is 1. The summed E-state index contributed by atoms with van der Waals surface area (Å²) in [6.45, 7) is 0. The van der Waals surface area contributed by atoms with E-state index in [0.717, 1.165) is 6.42 Å². The van der Waals surface area contributed by atoms with Crippen molar-refractivity contribution in [1.82, 2.24) is 4.90 Å². The minimum absolute atomic E-state index is 0.980. The molecule has 0 bridgehead atoms. The Balaban J connectivity index is 2.65. The first-order valence-corrected chi connectivity index (χ1v) is 3.34. The zero-order valence-electron chi connectivity index (χ0n) is 5.37. The van der Waals surface area contributed by atoms with Crippen molar-refractivity contribution in [3.05, 3.63) is 24.0 Å². The first-order chi connectivity index (χ1) is 4.33. The molecule has 0 aromatic rings. The molecule has 1 aliphatic rings. The summed E-state index contributed by atoms with van der Waals surface area (Å²) in [5.74, 6) is 0. The van der Waals surface area contributed by atoms with Crippen molar-refractivity contribution in [1.29, 1.82) is 0 Å². The predicted octanol–water partition coefficient (Wildman–Crippen LogP) is 1.72. The summed E-state index contributed by atoms with van der Waals surface area (Å²) in [5.41, 5.74) is 1.20. The zero-order chi connectivity index (χ0) is 6.69. The molecule has 1 nitrogen and oxygen atoms in total. The molecule has 0 saturated carbocycles. The van der Waals surface area contributed by atoms with Gasteiger partial charge in [0.25, 0.3) is 0 Å². The Hall–Kier alpha value is -0.630. The summed E-state index contributed by atoms with van der Waals surface area (Å²) < 4.78 is 0. The molecule has 0 saturated heterocycles. The molecule has 9 heavy (non-hydrogen) atoms. The molecule has 48 valence electrons. The number of thiocarbonyl (C=S) groups is 1. The van der Waals surface area contributed by atoms with Gasteiger partial charge in [-0.2, -0.15) is 0 Å². The maximum Gasteiger partial charge on any atom is 0.0106 e. The fraction of sp³-hybridized carbons (Fsp3) is 0.286. The average molecular weight is 139 g/mol. The molecule has 0 aliphatic carbocycles. The second kappa shape index (κ2) is 2.78. The van der Waals surface area contributed by atoms with Gasteiger partial charge in [-0.1, -0.05) is 18.3 Å². The van der Waals surface area contributed by atoms with Gasteiger partial charge < -0.3 is 4.90 Å². The summed E-state index contributed by atoms with van der Waals surface area (Å²) in [7, 11) is 1.99. The van der Waals surface area contributed by atoms with E-state index in [-0.39, 0.29) is 0 Å². The van der Waals surface area contributed by atoms with Gasteiger partial charge in [-0.05, 0) is 18.2 Å². The highest BCUT2D eigenvalue weighted by atomic mass is 32.1. The van der Waals surface area contributed by atoms with Crippen LogP contribution in [0.2, 0.25) is 0 Å². The van der Waals surface area contributed by atoms with Crippen molar-refractivity contribution >= 4 is 17.6 Å². The number of rotatable bonds is 1. The Morgan fingerprint density at radius 2 is 2.56 bits per heavy atom. The lowest BCUT2D eigenvalue weighted by Crippen LogP contribution is -2.05. The second-order valence-electron chi connectivity index (χ2n) is 2.08. The van der Waals surface area contributed by atoms with Crippen LogP contribution in [0.3, 0.4) is 0 Å². The Morgan fingerprint density at radius 1 is 1.78 bits per heavy atom. The van der Waals surface area contributed by atoms with E-state index in [0.29, 0.717) is 0 Å². The van der Waals surface area contributed by atoms with Crippen LogP contribution >= 0.6 is 12.2 Å². The second-order valence-corrected chi connectivity index (χ2v) is 2.31. The molecule has 1 aliphatic heterocycles. The first-order valence-electron chi connectivity index (χ1n) is 2.87. The van der Waals surface area contributed by atoms with Crippen molar-refractivity contribution in [2.24, 2.45) is 0 Å². The van der Waals surface area contributed by atoms with Crippen LogP contribution in [-0.2, 0) is 0 Å². The quantitative estimate of drug-likeness (QED) is 0.509. The predicted molar refractivity (Wildman–Crippen MR) is 43.3 cm³/mol. The van der Waals surface area contributed by atoms with Crippen molar-refractivity contribution in [3.8, 4) is 0 Å². The van der Waals surface area contributed by atoms with E-state index in [1.54, 1.807) is 5.37 Å². The van der Waals surface area contributed by atoms with Gasteiger partial charge in [0.15, 0.2) is 0 Å². The smallest absolute Gasteiger partial charge is 0.0106 e. The maximum absolute atomic E-state index is 4.77. The zero-order valence-corrected chi connectivity index (χ0v) is 6.19. The van der Waals surface area contributed by atoms with Gasteiger partial charge in [-0.25, -0.2) is 0 Å². The van der Waals surface area contributed by atoms with E-state index in [1.807, 2.05) is 24.3 Å². The van der Waals surface area contributed by atoms with Crippen LogP contribution in [0.1, 0.15) is 6.42 Å². The van der Waals surface area contributed by atoms with Crippen LogP contribution in [0.25, 0.3) is 0 Å². The van der Waals surface area contributed by atoms with Crippen LogP contribution < -0.4 is 0 Å². The van der Waals surface area contributed by atoms with Crippen molar-refractivity contribution in [3.63, 3.8) is 0 Å². The standard InChI is InChI=1S/C7H9NS/c1-8-4-2-3-7(5-8)6-9/h2,4-6H,3H2,1H3. The van der Waals surface area contributed by atoms with Crippen molar-refractivity contribution in [2.75, 3.05) is 7.05 Å². The van der Waals surface area contributed by atoms with Gasteiger partial charge in [-0.15, -0.1) is 0 Å². The highest BCUT2D eigenvalue weighted by molar-refractivity contribution is 7.79. The van der Waals surface area contributed by atoms with E-state index in [2.05, 4.69) is 6.08 Å². The minimum Gasteiger partial charge on any atom is -0.357 e. The fourth-order valence-corrected chi connectivity index (χ4v) is 0.948. The molecule has 0 amide bonds. The third kappa shape index (κ3) is 1.64. The van der Waals surface area contributed by atoms with Gasteiger partial charge in [0.05, 0.1) is 0 Å². The van der Waals surface area contributed by atoms with Gasteiger partial charge in [0.1, 0.15) is 0 Å². The molecule has 1 heterocycles. The molecular weight excluding hydrogens is 130 g/mol. The minimum atomic E-state index is 0.980. The van der Waals surface area contributed by atoms with Crippen LogP contribution in [0.15, 0.2) is 24.0 Å². The maximum atomic E-state index is 4.77. The van der Waals surface area contributed by atoms with Crippen LogP contribution in [0.4, 0.5) is 0 Å². The molecule has 0 spiro atoms. The van der Waals surface area contributed by atoms with Gasteiger partial charge in [-0.3, -0.25) is 0 Å². The molecule has 0 fully saturated rings. The summed E-state index contributed by atoms with van der Waals surface area (Å²) in [6, 6.07) is 0. The third-order valence-corrected chi connectivity index (χ3v) is 1.52. The molecule has 0 aromatic heterocycles. The highest BCUT2D eigenvalue weighted by Crippen LogP contribution is 2.07. The lowest BCUT2D eigenvalue weighted by molar-refractivity contribution is 0.609. The van der Waals surface area contributed by atoms with E-state index in [4.69, 9.17) is 12.2 Å². The third-order valence-electron chi connectivity index (χ3n) is 1.21. The monoisotopic (exact) mass is 139 g/mol. The van der Waals surface area contributed by atoms with Crippen molar-refractivity contribution < 1.29 is 0 Å². The Morgan fingerprint density at radius 3 is 3.00 bits per heavy atom. The molecule has 0 aromatic carbocycles. The molecule has 2 heteroatoms. The number of allylic oxidation sites excluding steroid dienone is 2. The van der Waals surface area contributed by atoms with E-state index in [9.17, 15) is 0 Å². The van der Waals surface area contributed by atoms with E-state index in [1.165, 1.54) is 5.57 Å². The van der Waals surface area contributed by atoms with Crippen LogP contribution in [-0.4, -0.2) is 17.3 Å². The molecular formula is C7H9NS. The topological polar surface area (TPSA) is 3.24 Å². The van der Waals surface area contributed by atoms with Crippen LogP contribution in [0, 0.1) is 0 Å². The number of hydrogen-bond acceptors (Lipinski definition) is 2. The normalized spacial score (nSPS) is 17.4. The van der Waals surface area contributed by atoms with Gasteiger partial charge >= 0.3 is 0 Å². The summed E-state index contributed by atoms with van der Waals surface area (Å²) >= 11 is 4.77. The fourth-order valence-electron chi connectivity index (χ4n) is 0.791. The first kappa shape index (κ1) is 6.49. The van der Waals surface area contributed by atoms with Crippen LogP contribution in [0.5, 0.6) is 0 Å². The Bertz CT molecular complexity index is 170. The molecule has 0 radical (unpaired) electrons. The van der Waals surface area contributed by atoms with E-state index >= 15 is 0 Å². The summed E-state index contributed by atoms with van der Waals surface area (Å²) in [5, 5.41) is 1.72. The summed E-state index contributed by atoms with van der Waals surface area (Å²) in [4.78, 5) is 2.00. The summed E-state index contributed by atoms with van der Waals surface area (Å²) in [6.07, 6.45) is 7.14. The molecule has 0 N–H and O–H groups in total. The van der Waals surface area contributed by atoms with E-state index < -0.39 is 0 Å².